The van der Waals surface area contributed by atoms with Gasteiger partial charge in [-0.3, -0.25) is 0 Å². The molecule has 0 aliphatic heterocycles. The smallest absolute Gasteiger partial charge is 0.164 e. The van der Waals surface area contributed by atoms with Crippen molar-refractivity contribution >= 4 is 32.7 Å². The first-order valence-corrected chi connectivity index (χ1v) is 15.7. The third kappa shape index (κ3) is 4.84. The molecule has 0 fully saturated rings. The second-order valence-electron chi connectivity index (χ2n) is 11.6. The molecule has 4 heteroatoms. The van der Waals surface area contributed by atoms with Gasteiger partial charge in [0.05, 0.1) is 0 Å². The van der Waals surface area contributed by atoms with Gasteiger partial charge in [-0.2, -0.15) is 0 Å². The summed E-state index contributed by atoms with van der Waals surface area (Å²) in [6.07, 6.45) is 0. The molecule has 0 N–H and O–H groups in total. The van der Waals surface area contributed by atoms with E-state index in [2.05, 4.69) is 109 Å². The van der Waals surface area contributed by atoms with Gasteiger partial charge in [-0.15, -0.1) is 0 Å². The third-order valence-corrected chi connectivity index (χ3v) is 8.72. The van der Waals surface area contributed by atoms with Gasteiger partial charge >= 0.3 is 0 Å². The highest BCUT2D eigenvalue weighted by molar-refractivity contribution is 6.12. The number of nitrogens with zero attached hydrogens (tertiary/aromatic N) is 3. The Morgan fingerprint density at radius 3 is 1.74 bits per heavy atom. The van der Waals surface area contributed by atoms with Crippen LogP contribution in [0.25, 0.3) is 89.1 Å². The molecule has 2 aromatic heterocycles. The zero-order valence-electron chi connectivity index (χ0n) is 25.3. The summed E-state index contributed by atoms with van der Waals surface area (Å²) in [6, 6.07) is 56.3. The van der Waals surface area contributed by atoms with Crippen LogP contribution in [0.15, 0.2) is 168 Å². The van der Waals surface area contributed by atoms with E-state index in [0.29, 0.717) is 17.5 Å². The Kier molecular flexibility index (Phi) is 6.43. The van der Waals surface area contributed by atoms with Gasteiger partial charge in [0.1, 0.15) is 11.2 Å². The van der Waals surface area contributed by atoms with Crippen LogP contribution in [0.4, 0.5) is 0 Å². The standard InChI is InChI=1S/C43H27N3O/c1-4-13-28(14-5-1)31-23-24-38-37(26-31)40-35(21-12-22-39(40)47-38)43-45-41(30-17-8-3-9-18-30)44-42(46-43)33-25-32-19-10-11-20-34(32)36(27-33)29-15-6-2-7-16-29/h1-27H. The predicted molar refractivity (Wildman–Crippen MR) is 192 cm³/mol. The van der Waals surface area contributed by atoms with Crippen LogP contribution < -0.4 is 0 Å². The van der Waals surface area contributed by atoms with Crippen molar-refractivity contribution in [2.75, 3.05) is 0 Å². The quantitative estimate of drug-likeness (QED) is 0.197. The Bertz CT molecular complexity index is 2560. The van der Waals surface area contributed by atoms with Gasteiger partial charge in [-0.1, -0.05) is 133 Å². The van der Waals surface area contributed by atoms with Gasteiger partial charge in [0.2, 0.25) is 0 Å². The Labute approximate surface area is 271 Å². The Morgan fingerprint density at radius 2 is 0.979 bits per heavy atom. The van der Waals surface area contributed by atoms with E-state index in [4.69, 9.17) is 19.4 Å². The van der Waals surface area contributed by atoms with Crippen molar-refractivity contribution in [3.63, 3.8) is 0 Å². The first kappa shape index (κ1) is 27.0. The number of hydrogen-bond donors (Lipinski definition) is 0. The van der Waals surface area contributed by atoms with Crippen LogP contribution in [0.1, 0.15) is 0 Å². The van der Waals surface area contributed by atoms with Crippen LogP contribution in [0, 0.1) is 0 Å². The highest BCUT2D eigenvalue weighted by Gasteiger charge is 2.19. The van der Waals surface area contributed by atoms with E-state index in [1.165, 1.54) is 5.39 Å². The number of rotatable bonds is 5. The summed E-state index contributed by atoms with van der Waals surface area (Å²) in [7, 11) is 0. The Balaban J connectivity index is 1.30. The second kappa shape index (κ2) is 11.2. The summed E-state index contributed by atoms with van der Waals surface area (Å²) in [6.45, 7) is 0. The van der Waals surface area contributed by atoms with E-state index in [-0.39, 0.29) is 0 Å². The number of hydrogen-bond acceptors (Lipinski definition) is 4. The summed E-state index contributed by atoms with van der Waals surface area (Å²) >= 11 is 0. The van der Waals surface area contributed by atoms with Crippen molar-refractivity contribution in [2.24, 2.45) is 0 Å². The fourth-order valence-corrected chi connectivity index (χ4v) is 6.46. The van der Waals surface area contributed by atoms with Crippen molar-refractivity contribution in [3.05, 3.63) is 164 Å². The minimum absolute atomic E-state index is 0.599. The zero-order valence-corrected chi connectivity index (χ0v) is 25.3. The predicted octanol–water partition coefficient (Wildman–Crippen LogP) is 11.3. The van der Waals surface area contributed by atoms with E-state index in [1.54, 1.807) is 0 Å². The third-order valence-electron chi connectivity index (χ3n) is 8.72. The maximum Gasteiger partial charge on any atom is 0.164 e. The number of benzene rings is 7. The van der Waals surface area contributed by atoms with Crippen LogP contribution in [0.5, 0.6) is 0 Å². The monoisotopic (exact) mass is 601 g/mol. The van der Waals surface area contributed by atoms with Gasteiger partial charge in [-0.25, -0.2) is 15.0 Å². The van der Waals surface area contributed by atoms with Crippen LogP contribution in [-0.4, -0.2) is 15.0 Å². The minimum atomic E-state index is 0.599. The lowest BCUT2D eigenvalue weighted by Gasteiger charge is -2.12. The summed E-state index contributed by atoms with van der Waals surface area (Å²) in [5.74, 6) is 1.84. The average Bonchev–Trinajstić information content (AvgIpc) is 3.53. The van der Waals surface area contributed by atoms with Gasteiger partial charge in [0.25, 0.3) is 0 Å². The molecule has 2 heterocycles. The Morgan fingerprint density at radius 1 is 0.340 bits per heavy atom. The maximum atomic E-state index is 6.38. The summed E-state index contributed by atoms with van der Waals surface area (Å²) in [5, 5.41) is 4.32. The molecule has 0 spiro atoms. The largest absolute Gasteiger partial charge is 0.456 e. The van der Waals surface area contributed by atoms with Crippen LogP contribution in [-0.2, 0) is 0 Å². The topological polar surface area (TPSA) is 51.8 Å². The summed E-state index contributed by atoms with van der Waals surface area (Å²) in [5.41, 5.74) is 8.94. The molecular weight excluding hydrogens is 574 g/mol. The fraction of sp³-hybridized carbons (Fsp3) is 0. The fourth-order valence-electron chi connectivity index (χ4n) is 6.46. The van der Waals surface area contributed by atoms with Crippen molar-refractivity contribution in [1.29, 1.82) is 0 Å². The van der Waals surface area contributed by atoms with Crippen molar-refractivity contribution in [1.82, 2.24) is 15.0 Å². The molecule has 0 saturated heterocycles. The van der Waals surface area contributed by atoms with E-state index in [0.717, 1.165) is 66.3 Å². The first-order valence-electron chi connectivity index (χ1n) is 15.7. The number of furan rings is 1. The normalized spacial score (nSPS) is 11.4. The molecule has 0 radical (unpaired) electrons. The molecule has 0 saturated carbocycles. The summed E-state index contributed by atoms with van der Waals surface area (Å²) in [4.78, 5) is 15.4. The zero-order chi connectivity index (χ0) is 31.2. The number of aromatic nitrogens is 3. The highest BCUT2D eigenvalue weighted by atomic mass is 16.3. The lowest BCUT2D eigenvalue weighted by molar-refractivity contribution is 0.669. The molecule has 9 aromatic rings. The highest BCUT2D eigenvalue weighted by Crippen LogP contribution is 2.39. The Hall–Kier alpha value is -6.39. The van der Waals surface area contributed by atoms with Crippen molar-refractivity contribution < 1.29 is 4.42 Å². The molecule has 0 amide bonds. The van der Waals surface area contributed by atoms with Crippen LogP contribution >= 0.6 is 0 Å². The first-order chi connectivity index (χ1) is 23.3. The van der Waals surface area contributed by atoms with Gasteiger partial charge in [0, 0.05) is 27.5 Å². The van der Waals surface area contributed by atoms with Gasteiger partial charge in [0.15, 0.2) is 17.5 Å². The summed E-state index contributed by atoms with van der Waals surface area (Å²) < 4.78 is 6.38. The molecule has 9 rings (SSSR count). The molecule has 0 unspecified atom stereocenters. The molecule has 220 valence electrons. The van der Waals surface area contributed by atoms with E-state index in [1.807, 2.05) is 54.6 Å². The molecule has 0 atom stereocenters. The van der Waals surface area contributed by atoms with Crippen LogP contribution in [0.3, 0.4) is 0 Å². The lowest BCUT2D eigenvalue weighted by Crippen LogP contribution is -2.00. The van der Waals surface area contributed by atoms with E-state index < -0.39 is 0 Å². The molecule has 0 aliphatic carbocycles. The molecule has 47 heavy (non-hydrogen) atoms. The molecule has 7 aromatic carbocycles. The average molecular weight is 602 g/mol. The van der Waals surface area contributed by atoms with Crippen molar-refractivity contribution in [2.45, 2.75) is 0 Å². The minimum Gasteiger partial charge on any atom is -0.456 e. The van der Waals surface area contributed by atoms with Crippen LogP contribution in [0.2, 0.25) is 0 Å². The SMILES string of the molecule is c1ccc(-c2ccc3oc4cccc(-c5nc(-c6ccccc6)nc(-c6cc(-c7ccccc7)c7ccccc7c6)n5)c4c3c2)cc1. The lowest BCUT2D eigenvalue weighted by atomic mass is 9.95. The molecule has 0 bridgehead atoms. The van der Waals surface area contributed by atoms with Gasteiger partial charge in [-0.05, 0) is 63.4 Å². The molecule has 0 aliphatic rings. The van der Waals surface area contributed by atoms with E-state index >= 15 is 0 Å². The molecule has 4 nitrogen and oxygen atoms in total. The number of fused-ring (bicyclic) bond motifs is 4. The van der Waals surface area contributed by atoms with Crippen molar-refractivity contribution in [3.8, 4) is 56.4 Å². The van der Waals surface area contributed by atoms with E-state index in [9.17, 15) is 0 Å². The second-order valence-corrected chi connectivity index (χ2v) is 11.6. The van der Waals surface area contributed by atoms with Gasteiger partial charge < -0.3 is 4.42 Å². The maximum absolute atomic E-state index is 6.38. The molecular formula is C43H27N3O.